The largest absolute Gasteiger partial charge is 0.314 e. The Hall–Kier alpha value is -0.0800. The van der Waals surface area contributed by atoms with Gasteiger partial charge in [-0.2, -0.15) is 0 Å². The molecular weight excluding hydrogens is 148 g/mol. The third-order valence-electron chi connectivity index (χ3n) is 3.74. The summed E-state index contributed by atoms with van der Waals surface area (Å²) in [7, 11) is 0. The van der Waals surface area contributed by atoms with Crippen LogP contribution in [0.3, 0.4) is 0 Å². The molecule has 2 heteroatoms. The predicted molar refractivity (Wildman–Crippen MR) is 51.2 cm³/mol. The standard InChI is InChI=1S/C10H20N2/c1-8-7-10(9(8)2)12-5-3-11-4-6-12/h8-11H,3-7H2,1-2H3. The van der Waals surface area contributed by atoms with E-state index in [1.165, 1.54) is 32.6 Å². The first-order valence-electron chi connectivity index (χ1n) is 5.24. The van der Waals surface area contributed by atoms with Crippen molar-refractivity contribution in [1.29, 1.82) is 0 Å². The van der Waals surface area contributed by atoms with E-state index in [1.54, 1.807) is 0 Å². The van der Waals surface area contributed by atoms with E-state index >= 15 is 0 Å². The monoisotopic (exact) mass is 168 g/mol. The second-order valence-electron chi connectivity index (χ2n) is 4.43. The van der Waals surface area contributed by atoms with Gasteiger partial charge in [0.15, 0.2) is 0 Å². The normalized spacial score (nSPS) is 44.0. The van der Waals surface area contributed by atoms with Crippen LogP contribution >= 0.6 is 0 Å². The van der Waals surface area contributed by atoms with Gasteiger partial charge >= 0.3 is 0 Å². The lowest BCUT2D eigenvalue weighted by atomic mass is 9.70. The van der Waals surface area contributed by atoms with Crippen molar-refractivity contribution in [3.63, 3.8) is 0 Å². The number of hydrogen-bond donors (Lipinski definition) is 1. The number of piperazine rings is 1. The van der Waals surface area contributed by atoms with E-state index in [-0.39, 0.29) is 0 Å². The summed E-state index contributed by atoms with van der Waals surface area (Å²) < 4.78 is 0. The Balaban J connectivity index is 1.84. The molecule has 0 aromatic rings. The van der Waals surface area contributed by atoms with Crippen LogP contribution in [-0.2, 0) is 0 Å². The molecule has 0 aromatic heterocycles. The van der Waals surface area contributed by atoms with Gasteiger partial charge in [-0.05, 0) is 18.3 Å². The Morgan fingerprint density at radius 1 is 1.17 bits per heavy atom. The first-order chi connectivity index (χ1) is 5.79. The van der Waals surface area contributed by atoms with Crippen molar-refractivity contribution >= 4 is 0 Å². The summed E-state index contributed by atoms with van der Waals surface area (Å²) in [6, 6.07) is 0.905. The molecule has 1 N–H and O–H groups in total. The van der Waals surface area contributed by atoms with E-state index in [2.05, 4.69) is 24.1 Å². The molecule has 2 aliphatic rings. The first kappa shape index (κ1) is 8.52. The van der Waals surface area contributed by atoms with Crippen molar-refractivity contribution in [2.45, 2.75) is 26.3 Å². The molecule has 1 aliphatic heterocycles. The molecule has 12 heavy (non-hydrogen) atoms. The summed E-state index contributed by atoms with van der Waals surface area (Å²) in [6.07, 6.45) is 1.43. The van der Waals surface area contributed by atoms with Gasteiger partial charge in [0, 0.05) is 32.2 Å². The van der Waals surface area contributed by atoms with Crippen molar-refractivity contribution in [3.05, 3.63) is 0 Å². The minimum absolute atomic E-state index is 0.905. The van der Waals surface area contributed by atoms with Gasteiger partial charge in [0.1, 0.15) is 0 Å². The average Bonchev–Trinajstić information content (AvgIpc) is 2.15. The van der Waals surface area contributed by atoms with Gasteiger partial charge in [0.25, 0.3) is 0 Å². The van der Waals surface area contributed by atoms with Gasteiger partial charge in [0.05, 0.1) is 0 Å². The minimum Gasteiger partial charge on any atom is -0.314 e. The van der Waals surface area contributed by atoms with Gasteiger partial charge < -0.3 is 5.32 Å². The fourth-order valence-electron chi connectivity index (χ4n) is 2.49. The topological polar surface area (TPSA) is 15.3 Å². The zero-order valence-electron chi connectivity index (χ0n) is 8.21. The third-order valence-corrected chi connectivity index (χ3v) is 3.74. The Bertz CT molecular complexity index is 149. The smallest absolute Gasteiger partial charge is 0.0127 e. The van der Waals surface area contributed by atoms with Crippen molar-refractivity contribution in [1.82, 2.24) is 10.2 Å². The molecule has 2 fully saturated rings. The Morgan fingerprint density at radius 3 is 2.33 bits per heavy atom. The molecule has 0 spiro atoms. The third kappa shape index (κ3) is 1.38. The fourth-order valence-corrected chi connectivity index (χ4v) is 2.49. The number of nitrogens with one attached hydrogen (secondary N) is 1. The van der Waals surface area contributed by atoms with E-state index in [1.807, 2.05) is 0 Å². The van der Waals surface area contributed by atoms with Crippen molar-refractivity contribution < 1.29 is 0 Å². The Morgan fingerprint density at radius 2 is 1.83 bits per heavy atom. The highest BCUT2D eigenvalue weighted by Gasteiger charge is 2.38. The molecule has 0 radical (unpaired) electrons. The van der Waals surface area contributed by atoms with Gasteiger partial charge in [-0.1, -0.05) is 13.8 Å². The van der Waals surface area contributed by atoms with Crippen LogP contribution < -0.4 is 5.32 Å². The molecule has 2 rings (SSSR count). The summed E-state index contributed by atoms with van der Waals surface area (Å²) >= 11 is 0. The lowest BCUT2D eigenvalue weighted by Gasteiger charge is -2.48. The van der Waals surface area contributed by atoms with Crippen LogP contribution in [0, 0.1) is 11.8 Å². The number of hydrogen-bond acceptors (Lipinski definition) is 2. The van der Waals surface area contributed by atoms with Crippen LogP contribution in [0.25, 0.3) is 0 Å². The van der Waals surface area contributed by atoms with E-state index in [0.717, 1.165) is 17.9 Å². The highest BCUT2D eigenvalue weighted by Crippen LogP contribution is 2.37. The molecule has 0 amide bonds. The maximum absolute atomic E-state index is 3.40. The lowest BCUT2D eigenvalue weighted by Crippen LogP contribution is -2.56. The summed E-state index contributed by atoms with van der Waals surface area (Å²) in [4.78, 5) is 2.67. The zero-order chi connectivity index (χ0) is 8.55. The highest BCUT2D eigenvalue weighted by molar-refractivity contribution is 4.92. The van der Waals surface area contributed by atoms with Crippen molar-refractivity contribution in [3.8, 4) is 0 Å². The fraction of sp³-hybridized carbons (Fsp3) is 1.00. The van der Waals surface area contributed by atoms with Crippen LogP contribution in [-0.4, -0.2) is 37.1 Å². The van der Waals surface area contributed by atoms with Gasteiger partial charge in [-0.3, -0.25) is 4.90 Å². The zero-order valence-corrected chi connectivity index (χ0v) is 8.21. The predicted octanol–water partition coefficient (Wildman–Crippen LogP) is 0.936. The van der Waals surface area contributed by atoms with Gasteiger partial charge in [0.2, 0.25) is 0 Å². The molecule has 3 atom stereocenters. The molecule has 1 aliphatic carbocycles. The Kier molecular flexibility index (Phi) is 2.37. The van der Waals surface area contributed by atoms with E-state index in [4.69, 9.17) is 0 Å². The molecule has 0 bridgehead atoms. The SMILES string of the molecule is CC1CC(N2CCNCC2)C1C. The maximum Gasteiger partial charge on any atom is 0.0127 e. The molecule has 1 saturated heterocycles. The van der Waals surface area contributed by atoms with Crippen LogP contribution in [0.15, 0.2) is 0 Å². The molecule has 2 nitrogen and oxygen atoms in total. The second kappa shape index (κ2) is 3.35. The highest BCUT2D eigenvalue weighted by atomic mass is 15.2. The van der Waals surface area contributed by atoms with Crippen molar-refractivity contribution in [2.24, 2.45) is 11.8 Å². The van der Waals surface area contributed by atoms with Crippen LogP contribution in [0.2, 0.25) is 0 Å². The summed E-state index contributed by atoms with van der Waals surface area (Å²) in [5.41, 5.74) is 0. The molecular formula is C10H20N2. The van der Waals surface area contributed by atoms with Crippen LogP contribution in [0.1, 0.15) is 20.3 Å². The van der Waals surface area contributed by atoms with Crippen LogP contribution in [0.5, 0.6) is 0 Å². The molecule has 1 saturated carbocycles. The Labute approximate surface area is 75.3 Å². The van der Waals surface area contributed by atoms with E-state index < -0.39 is 0 Å². The average molecular weight is 168 g/mol. The summed E-state index contributed by atoms with van der Waals surface area (Å²) in [5.74, 6) is 1.90. The number of nitrogens with zero attached hydrogens (tertiary/aromatic N) is 1. The molecule has 3 unspecified atom stereocenters. The molecule has 1 heterocycles. The lowest BCUT2D eigenvalue weighted by molar-refractivity contribution is 0.0158. The maximum atomic E-state index is 3.40. The van der Waals surface area contributed by atoms with Gasteiger partial charge in [-0.25, -0.2) is 0 Å². The summed E-state index contributed by atoms with van der Waals surface area (Å²) in [5, 5.41) is 3.40. The van der Waals surface area contributed by atoms with Crippen LogP contribution in [0.4, 0.5) is 0 Å². The van der Waals surface area contributed by atoms with E-state index in [0.29, 0.717) is 0 Å². The summed E-state index contributed by atoms with van der Waals surface area (Å²) in [6.45, 7) is 9.70. The first-order valence-corrected chi connectivity index (χ1v) is 5.24. The molecule has 70 valence electrons. The molecule has 0 aromatic carbocycles. The van der Waals surface area contributed by atoms with Gasteiger partial charge in [-0.15, -0.1) is 0 Å². The van der Waals surface area contributed by atoms with Crippen molar-refractivity contribution in [2.75, 3.05) is 26.2 Å². The quantitative estimate of drug-likeness (QED) is 0.627. The van der Waals surface area contributed by atoms with E-state index in [9.17, 15) is 0 Å². The second-order valence-corrected chi connectivity index (χ2v) is 4.43. The number of rotatable bonds is 1. The minimum atomic E-state index is 0.905.